The molecule has 1 unspecified atom stereocenters. The Hall–Kier alpha value is -2.13. The Morgan fingerprint density at radius 1 is 1.24 bits per heavy atom. The first-order chi connectivity index (χ1) is 10.3. The van der Waals surface area contributed by atoms with Crippen LogP contribution in [-0.2, 0) is 6.42 Å². The first kappa shape index (κ1) is 12.6. The molecule has 1 aliphatic carbocycles. The van der Waals surface area contributed by atoms with Gasteiger partial charge >= 0.3 is 0 Å². The molecule has 1 atom stereocenters. The van der Waals surface area contributed by atoms with Gasteiger partial charge in [-0.25, -0.2) is 0 Å². The van der Waals surface area contributed by atoms with Crippen LogP contribution in [0.15, 0.2) is 42.6 Å². The fourth-order valence-corrected chi connectivity index (χ4v) is 3.54. The van der Waals surface area contributed by atoms with Gasteiger partial charge in [-0.15, -0.1) is 0 Å². The van der Waals surface area contributed by atoms with Crippen molar-refractivity contribution in [3.63, 3.8) is 0 Å². The minimum atomic E-state index is 0.177. The van der Waals surface area contributed by atoms with Gasteiger partial charge in [-0.1, -0.05) is 18.2 Å². The highest BCUT2D eigenvalue weighted by atomic mass is 15.0. The fourth-order valence-electron chi connectivity index (χ4n) is 3.54. The monoisotopic (exact) mass is 277 g/mol. The zero-order valence-electron chi connectivity index (χ0n) is 12.2. The zero-order valence-corrected chi connectivity index (χ0v) is 12.2. The lowest BCUT2D eigenvalue weighted by Gasteiger charge is -2.21. The molecule has 2 heterocycles. The molecule has 1 aromatic carbocycles. The van der Waals surface area contributed by atoms with Gasteiger partial charge in [0.2, 0.25) is 0 Å². The maximum Gasteiger partial charge on any atom is 0.0942 e. The number of rotatable bonds is 1. The largest absolute Gasteiger partial charge is 0.324 e. The second-order valence-electron chi connectivity index (χ2n) is 5.87. The Labute approximate surface area is 124 Å². The van der Waals surface area contributed by atoms with E-state index in [4.69, 9.17) is 5.73 Å². The van der Waals surface area contributed by atoms with Crippen molar-refractivity contribution in [1.29, 1.82) is 0 Å². The minimum Gasteiger partial charge on any atom is -0.324 e. The average molecular weight is 277 g/mol. The maximum absolute atomic E-state index is 6.29. The molecular weight excluding hydrogens is 258 g/mol. The maximum atomic E-state index is 6.29. The third-order valence-electron chi connectivity index (χ3n) is 4.50. The lowest BCUT2D eigenvalue weighted by atomic mass is 9.93. The summed E-state index contributed by atoms with van der Waals surface area (Å²) in [7, 11) is 0. The van der Waals surface area contributed by atoms with Crippen LogP contribution in [0.25, 0.3) is 16.6 Å². The summed E-state index contributed by atoms with van der Waals surface area (Å²) in [6, 6.07) is 12.9. The number of aromatic nitrogens is 2. The van der Waals surface area contributed by atoms with Crippen molar-refractivity contribution >= 4 is 10.9 Å². The molecule has 4 rings (SSSR count). The highest BCUT2D eigenvalue weighted by Crippen LogP contribution is 2.34. The second kappa shape index (κ2) is 4.71. The normalized spacial score (nSPS) is 17.9. The van der Waals surface area contributed by atoms with Crippen molar-refractivity contribution in [2.24, 2.45) is 5.73 Å². The van der Waals surface area contributed by atoms with E-state index in [1.54, 1.807) is 0 Å². The van der Waals surface area contributed by atoms with Gasteiger partial charge in [-0.05, 0) is 49.9 Å². The van der Waals surface area contributed by atoms with E-state index >= 15 is 0 Å². The summed E-state index contributed by atoms with van der Waals surface area (Å²) in [6.45, 7) is 2.16. The van der Waals surface area contributed by atoms with Gasteiger partial charge in [0.15, 0.2) is 0 Å². The number of nitrogens with two attached hydrogens (primary N) is 1. The highest BCUT2D eigenvalue weighted by molar-refractivity contribution is 5.86. The molecule has 2 N–H and O–H groups in total. The van der Waals surface area contributed by atoms with Crippen LogP contribution in [0.3, 0.4) is 0 Å². The first-order valence-electron chi connectivity index (χ1n) is 7.56. The number of para-hydroxylation sites is 1. The smallest absolute Gasteiger partial charge is 0.0942 e. The van der Waals surface area contributed by atoms with Gasteiger partial charge in [-0.3, -0.25) is 4.98 Å². The molecule has 2 aromatic heterocycles. The highest BCUT2D eigenvalue weighted by Gasteiger charge is 2.23. The van der Waals surface area contributed by atoms with Crippen LogP contribution < -0.4 is 5.73 Å². The van der Waals surface area contributed by atoms with E-state index in [1.165, 1.54) is 28.0 Å². The van der Waals surface area contributed by atoms with E-state index in [-0.39, 0.29) is 6.04 Å². The number of fused-ring (bicyclic) bond motifs is 2. The zero-order chi connectivity index (χ0) is 14.4. The molecule has 0 bridgehead atoms. The molecule has 0 aliphatic heterocycles. The van der Waals surface area contributed by atoms with Crippen molar-refractivity contribution in [2.45, 2.75) is 32.2 Å². The lowest BCUT2D eigenvalue weighted by Crippen LogP contribution is -2.18. The second-order valence-corrected chi connectivity index (χ2v) is 5.87. The summed E-state index contributed by atoms with van der Waals surface area (Å²) in [5.41, 5.74) is 12.4. The summed E-state index contributed by atoms with van der Waals surface area (Å²) in [5.74, 6) is 0. The van der Waals surface area contributed by atoms with Gasteiger partial charge in [0.05, 0.1) is 11.2 Å². The lowest BCUT2D eigenvalue weighted by molar-refractivity contribution is 0.560. The molecule has 0 spiro atoms. The Bertz CT molecular complexity index is 811. The van der Waals surface area contributed by atoms with Crippen molar-refractivity contribution in [1.82, 2.24) is 9.55 Å². The van der Waals surface area contributed by atoms with Crippen LogP contribution in [0.1, 0.15) is 35.8 Å². The minimum absolute atomic E-state index is 0.177. The van der Waals surface area contributed by atoms with Crippen molar-refractivity contribution in [3.05, 3.63) is 59.5 Å². The SMILES string of the molecule is Cc1cc2c(n1-c1cccc3cccnc13)CCCC2N. The fraction of sp³-hybridized carbons (Fsp3) is 0.278. The Morgan fingerprint density at radius 3 is 3.00 bits per heavy atom. The molecule has 106 valence electrons. The predicted octanol–water partition coefficient (Wildman–Crippen LogP) is 3.67. The van der Waals surface area contributed by atoms with Gasteiger partial charge in [0, 0.05) is 29.0 Å². The number of hydrogen-bond donors (Lipinski definition) is 1. The molecule has 1 aliphatic rings. The summed E-state index contributed by atoms with van der Waals surface area (Å²) >= 11 is 0. The predicted molar refractivity (Wildman–Crippen MR) is 85.7 cm³/mol. The number of benzene rings is 1. The number of nitrogens with zero attached hydrogens (tertiary/aromatic N) is 2. The quantitative estimate of drug-likeness (QED) is 0.737. The molecular formula is C18H19N3. The van der Waals surface area contributed by atoms with Gasteiger partial charge in [0.1, 0.15) is 0 Å². The van der Waals surface area contributed by atoms with E-state index in [0.29, 0.717) is 0 Å². The van der Waals surface area contributed by atoms with Crippen LogP contribution in [0.5, 0.6) is 0 Å². The summed E-state index contributed by atoms with van der Waals surface area (Å²) in [6.07, 6.45) is 5.21. The van der Waals surface area contributed by atoms with Crippen molar-refractivity contribution in [3.8, 4) is 5.69 Å². The first-order valence-corrected chi connectivity index (χ1v) is 7.56. The Kier molecular flexibility index (Phi) is 2.82. The molecule has 3 heteroatoms. The van der Waals surface area contributed by atoms with Crippen molar-refractivity contribution < 1.29 is 0 Å². The summed E-state index contributed by atoms with van der Waals surface area (Å²) < 4.78 is 2.35. The molecule has 21 heavy (non-hydrogen) atoms. The molecule has 0 fully saturated rings. The van der Waals surface area contributed by atoms with Crippen LogP contribution in [0.2, 0.25) is 0 Å². The summed E-state index contributed by atoms with van der Waals surface area (Å²) in [4.78, 5) is 4.59. The van der Waals surface area contributed by atoms with Crippen LogP contribution in [0, 0.1) is 6.92 Å². The van der Waals surface area contributed by atoms with Crippen molar-refractivity contribution in [2.75, 3.05) is 0 Å². The van der Waals surface area contributed by atoms with E-state index in [2.05, 4.69) is 46.8 Å². The third kappa shape index (κ3) is 1.88. The van der Waals surface area contributed by atoms with E-state index in [1.807, 2.05) is 12.3 Å². The Morgan fingerprint density at radius 2 is 2.10 bits per heavy atom. The van der Waals surface area contributed by atoms with Crippen LogP contribution >= 0.6 is 0 Å². The topological polar surface area (TPSA) is 43.8 Å². The average Bonchev–Trinajstić information content (AvgIpc) is 2.84. The van der Waals surface area contributed by atoms with Crippen LogP contribution in [-0.4, -0.2) is 9.55 Å². The molecule has 0 radical (unpaired) electrons. The number of hydrogen-bond acceptors (Lipinski definition) is 2. The standard InChI is InChI=1S/C18H19N3/c1-12-11-14-15(19)7-3-8-16(14)21(12)17-9-2-5-13-6-4-10-20-18(13)17/h2,4-6,9-11,15H,3,7-8,19H2,1H3. The third-order valence-corrected chi connectivity index (χ3v) is 4.50. The molecule has 0 amide bonds. The van der Waals surface area contributed by atoms with Crippen LogP contribution in [0.4, 0.5) is 0 Å². The van der Waals surface area contributed by atoms with E-state index < -0.39 is 0 Å². The molecule has 3 nitrogen and oxygen atoms in total. The number of pyridine rings is 1. The summed E-state index contributed by atoms with van der Waals surface area (Å²) in [5, 5.41) is 1.18. The molecule has 0 saturated carbocycles. The Balaban J connectivity index is 2.02. The van der Waals surface area contributed by atoms with Gasteiger partial charge in [0.25, 0.3) is 0 Å². The van der Waals surface area contributed by atoms with E-state index in [9.17, 15) is 0 Å². The van der Waals surface area contributed by atoms with Gasteiger partial charge < -0.3 is 10.3 Å². The molecule has 0 saturated heterocycles. The number of aryl methyl sites for hydroxylation is 1. The van der Waals surface area contributed by atoms with E-state index in [0.717, 1.165) is 24.8 Å². The molecule has 3 aromatic rings. The van der Waals surface area contributed by atoms with Gasteiger partial charge in [-0.2, -0.15) is 0 Å².